The molecule has 1 fully saturated rings. The molecule has 6 nitrogen and oxygen atoms in total. The molecule has 0 spiro atoms. The normalized spacial score (nSPS) is 23.6. The lowest BCUT2D eigenvalue weighted by Gasteiger charge is -2.34. The van der Waals surface area contributed by atoms with Crippen molar-refractivity contribution in [3.05, 3.63) is 46.5 Å². The van der Waals surface area contributed by atoms with Gasteiger partial charge in [-0.1, -0.05) is 23.6 Å². The Balaban J connectivity index is 1.76. The number of nitrogens with one attached hydrogen (secondary N) is 1. The first-order valence-electron chi connectivity index (χ1n) is 9.80. The maximum Gasteiger partial charge on any atom is 0.314 e. The molecule has 2 heterocycles. The first-order chi connectivity index (χ1) is 13.4. The highest BCUT2D eigenvalue weighted by Crippen LogP contribution is 2.37. The molecule has 3 N–H and O–H groups in total. The number of primary amides is 1. The lowest BCUT2D eigenvalue weighted by molar-refractivity contribution is -0.913. The first kappa shape index (κ1) is 20.6. The lowest BCUT2D eigenvalue weighted by atomic mass is 10.0. The summed E-state index contributed by atoms with van der Waals surface area (Å²) in [7, 11) is 0. The summed E-state index contributed by atoms with van der Waals surface area (Å²) in [6, 6.07) is 4.62. The predicted molar refractivity (Wildman–Crippen MR) is 109 cm³/mol. The third-order valence-corrected chi connectivity index (χ3v) is 5.94. The molecule has 152 valence electrons. The molecular formula is C20H28ClFN5O+. The van der Waals surface area contributed by atoms with Gasteiger partial charge in [0.15, 0.2) is 0 Å². The molecule has 0 aromatic heterocycles. The van der Waals surface area contributed by atoms with E-state index in [1.54, 1.807) is 17.0 Å². The molecule has 2 aliphatic heterocycles. The fourth-order valence-electron chi connectivity index (χ4n) is 4.14. The van der Waals surface area contributed by atoms with Gasteiger partial charge < -0.3 is 16.0 Å². The highest BCUT2D eigenvalue weighted by molar-refractivity contribution is 6.30. The van der Waals surface area contributed by atoms with Crippen molar-refractivity contribution in [1.82, 2.24) is 10.2 Å². The van der Waals surface area contributed by atoms with Crippen LogP contribution in [0.5, 0.6) is 0 Å². The van der Waals surface area contributed by atoms with Crippen molar-refractivity contribution in [2.45, 2.75) is 45.2 Å². The van der Waals surface area contributed by atoms with Crippen LogP contribution in [0.4, 0.5) is 9.18 Å². The van der Waals surface area contributed by atoms with E-state index in [9.17, 15) is 9.18 Å². The van der Waals surface area contributed by atoms with E-state index in [4.69, 9.17) is 22.4 Å². The molecule has 2 unspecified atom stereocenters. The number of hydrogen-bond donors (Lipinski definition) is 2. The Labute approximate surface area is 170 Å². The smallest absolute Gasteiger partial charge is 0.314 e. The van der Waals surface area contributed by atoms with Crippen LogP contribution in [0.2, 0.25) is 5.02 Å². The lowest BCUT2D eigenvalue weighted by Crippen LogP contribution is -2.46. The van der Waals surface area contributed by atoms with Crippen molar-refractivity contribution in [3.8, 4) is 0 Å². The van der Waals surface area contributed by atoms with Crippen molar-refractivity contribution in [1.29, 1.82) is 0 Å². The zero-order chi connectivity index (χ0) is 20.3. The summed E-state index contributed by atoms with van der Waals surface area (Å²) in [5.74, 6) is -0.297. The van der Waals surface area contributed by atoms with E-state index in [2.05, 4.69) is 18.4 Å². The van der Waals surface area contributed by atoms with Crippen LogP contribution in [0.15, 0.2) is 35.2 Å². The highest BCUT2D eigenvalue weighted by Gasteiger charge is 2.40. The largest absolute Gasteiger partial charge is 0.376 e. The summed E-state index contributed by atoms with van der Waals surface area (Å²) in [6.07, 6.45) is 6.32. The average Bonchev–Trinajstić information content (AvgIpc) is 3.08. The fourth-order valence-corrected chi connectivity index (χ4v) is 4.30. The number of hydrogen-bond acceptors (Lipinski definition) is 3. The second-order valence-corrected chi connectivity index (χ2v) is 7.80. The minimum Gasteiger partial charge on any atom is -0.376 e. The van der Waals surface area contributed by atoms with Crippen LogP contribution >= 0.6 is 11.6 Å². The molecular weight excluding hydrogens is 381 g/mol. The van der Waals surface area contributed by atoms with E-state index >= 15 is 0 Å². The standard InChI is InChI=1S/C20H27ClFN5O/c1-3-19(17-6-5-14(21)11-18(17)22)27(4-2)13-16(12-24-27)25-15-7-9-26(10-8-15)20(23)28/h5-6,11-13,15,19,25H,3-4,7-10H2,1-2H3,(H-,23,28)/p+1. The number of allylic oxidation sites excluding steroid dienone is 1. The van der Waals surface area contributed by atoms with Crippen LogP contribution < -0.4 is 11.1 Å². The number of urea groups is 1. The molecule has 3 rings (SSSR count). The van der Waals surface area contributed by atoms with Crippen LogP contribution in [0, 0.1) is 5.82 Å². The zero-order valence-electron chi connectivity index (χ0n) is 16.4. The van der Waals surface area contributed by atoms with E-state index in [-0.39, 0.29) is 23.9 Å². The Morgan fingerprint density at radius 1 is 1.43 bits per heavy atom. The number of rotatable bonds is 6. The van der Waals surface area contributed by atoms with Crippen LogP contribution in [0.1, 0.15) is 44.7 Å². The van der Waals surface area contributed by atoms with Crippen molar-refractivity contribution in [3.63, 3.8) is 0 Å². The van der Waals surface area contributed by atoms with Gasteiger partial charge in [0.1, 0.15) is 36.5 Å². The highest BCUT2D eigenvalue weighted by atomic mass is 35.5. The summed E-state index contributed by atoms with van der Waals surface area (Å²) in [4.78, 5) is 12.9. The number of nitrogens with two attached hydrogens (primary N) is 1. The summed E-state index contributed by atoms with van der Waals surface area (Å²) in [6.45, 7) is 6.11. The molecule has 2 aliphatic rings. The van der Waals surface area contributed by atoms with Gasteiger partial charge in [0, 0.05) is 36.1 Å². The molecule has 1 aromatic carbocycles. The number of piperidine rings is 1. The van der Waals surface area contributed by atoms with Crippen molar-refractivity contribution in [2.24, 2.45) is 10.8 Å². The molecule has 8 heteroatoms. The summed E-state index contributed by atoms with van der Waals surface area (Å²) >= 11 is 5.93. The van der Waals surface area contributed by atoms with Crippen LogP contribution in [0.25, 0.3) is 0 Å². The maximum absolute atomic E-state index is 14.6. The maximum atomic E-state index is 14.6. The molecule has 2 atom stereocenters. The Bertz CT molecular complexity index is 791. The molecule has 0 saturated carbocycles. The third-order valence-electron chi connectivity index (χ3n) is 5.71. The molecule has 28 heavy (non-hydrogen) atoms. The van der Waals surface area contributed by atoms with Gasteiger partial charge in [-0.15, -0.1) is 0 Å². The van der Waals surface area contributed by atoms with E-state index in [0.29, 0.717) is 34.8 Å². The van der Waals surface area contributed by atoms with Gasteiger partial charge >= 0.3 is 6.03 Å². The predicted octanol–water partition coefficient (Wildman–Crippen LogP) is 3.74. The number of benzene rings is 1. The Kier molecular flexibility index (Phi) is 6.25. The molecule has 1 saturated heterocycles. The number of halogens is 2. The Morgan fingerprint density at radius 2 is 2.14 bits per heavy atom. The molecule has 2 amide bonds. The Morgan fingerprint density at radius 3 is 2.71 bits per heavy atom. The number of quaternary nitrogens is 1. The molecule has 0 bridgehead atoms. The minimum absolute atomic E-state index is 0.130. The topological polar surface area (TPSA) is 70.7 Å². The van der Waals surface area contributed by atoms with Crippen molar-refractivity contribution in [2.75, 3.05) is 19.6 Å². The third kappa shape index (κ3) is 4.15. The SMILES string of the molecule is CCC(c1ccc(Cl)cc1F)[N+]1(CC)C=C(NC2CCN(C(N)=O)CC2)C=N1. The number of likely N-dealkylation sites (tertiary alicyclic amines) is 1. The van der Waals surface area contributed by atoms with Crippen LogP contribution in [-0.2, 0) is 0 Å². The summed E-state index contributed by atoms with van der Waals surface area (Å²) in [5.41, 5.74) is 6.91. The van der Waals surface area contributed by atoms with Gasteiger partial charge in [-0.25, -0.2) is 9.18 Å². The summed E-state index contributed by atoms with van der Waals surface area (Å²) in [5, 5.41) is 8.68. The second kappa shape index (κ2) is 8.49. The van der Waals surface area contributed by atoms with E-state index in [1.807, 2.05) is 13.1 Å². The van der Waals surface area contributed by atoms with E-state index in [1.165, 1.54) is 6.07 Å². The van der Waals surface area contributed by atoms with Gasteiger partial charge in [-0.3, -0.25) is 0 Å². The quantitative estimate of drug-likeness (QED) is 0.704. The number of amides is 2. The van der Waals surface area contributed by atoms with Crippen molar-refractivity contribution >= 4 is 23.8 Å². The minimum atomic E-state index is -0.363. The van der Waals surface area contributed by atoms with E-state index < -0.39 is 0 Å². The fraction of sp³-hybridized carbons (Fsp3) is 0.500. The van der Waals surface area contributed by atoms with Gasteiger partial charge in [0.2, 0.25) is 0 Å². The van der Waals surface area contributed by atoms with Gasteiger partial charge in [-0.2, -0.15) is 4.59 Å². The van der Waals surface area contributed by atoms with Gasteiger partial charge in [-0.05, 0) is 38.0 Å². The molecule has 0 aliphatic carbocycles. The van der Waals surface area contributed by atoms with Gasteiger partial charge in [0.05, 0.1) is 0 Å². The van der Waals surface area contributed by atoms with E-state index in [0.717, 1.165) is 25.0 Å². The number of carbonyl (C=O) groups excluding carboxylic acids is 1. The van der Waals surface area contributed by atoms with Crippen LogP contribution in [0.3, 0.4) is 0 Å². The number of nitrogens with zero attached hydrogens (tertiary/aromatic N) is 3. The zero-order valence-corrected chi connectivity index (χ0v) is 17.1. The number of carbonyl (C=O) groups is 1. The average molecular weight is 409 g/mol. The molecule has 1 aromatic rings. The summed E-state index contributed by atoms with van der Waals surface area (Å²) < 4.78 is 14.9. The molecule has 0 radical (unpaired) electrons. The first-order valence-corrected chi connectivity index (χ1v) is 10.2. The second-order valence-electron chi connectivity index (χ2n) is 7.37. The van der Waals surface area contributed by atoms with Crippen LogP contribution in [-0.4, -0.2) is 47.4 Å². The Hall–Kier alpha value is -2.12. The monoisotopic (exact) mass is 408 g/mol. The van der Waals surface area contributed by atoms with Crippen molar-refractivity contribution < 1.29 is 13.8 Å². The van der Waals surface area contributed by atoms with Gasteiger partial charge in [0.25, 0.3) is 0 Å².